The number of benzene rings is 2. The first-order valence-electron chi connectivity index (χ1n) is 10.4. The molecule has 0 saturated heterocycles. The lowest BCUT2D eigenvalue weighted by molar-refractivity contribution is -0.117. The van der Waals surface area contributed by atoms with Crippen molar-refractivity contribution in [3.05, 3.63) is 83.0 Å². The van der Waals surface area contributed by atoms with Crippen LogP contribution in [-0.2, 0) is 4.79 Å². The zero-order chi connectivity index (χ0) is 24.0. The molecule has 1 atom stereocenters. The summed E-state index contributed by atoms with van der Waals surface area (Å²) in [5.41, 5.74) is 0.755. The van der Waals surface area contributed by atoms with Gasteiger partial charge in [-0.25, -0.2) is 0 Å². The molecule has 0 saturated carbocycles. The number of fused-ring (bicyclic) bond motifs is 1. The summed E-state index contributed by atoms with van der Waals surface area (Å²) < 4.78 is 21.9. The van der Waals surface area contributed by atoms with Gasteiger partial charge in [0.25, 0.3) is 5.91 Å². The summed E-state index contributed by atoms with van der Waals surface area (Å²) in [6, 6.07) is 14.2. The molecule has 1 aliphatic heterocycles. The molecule has 3 heterocycles. The van der Waals surface area contributed by atoms with E-state index >= 15 is 0 Å². The Morgan fingerprint density at radius 2 is 1.88 bits per heavy atom. The molecule has 9 heteroatoms. The highest BCUT2D eigenvalue weighted by atomic mass is 16.5. The topological polar surface area (TPSA) is 115 Å². The summed E-state index contributed by atoms with van der Waals surface area (Å²) in [5.74, 6) is -0.876. The summed E-state index contributed by atoms with van der Waals surface area (Å²) in [6.45, 7) is 1.67. The molecular weight excluding hydrogens is 440 g/mol. The van der Waals surface area contributed by atoms with Crippen LogP contribution in [0, 0.1) is 6.92 Å². The molecule has 0 radical (unpaired) electrons. The Balaban J connectivity index is 1.72. The molecule has 2 aromatic heterocycles. The Hall–Kier alpha value is -4.53. The van der Waals surface area contributed by atoms with Gasteiger partial charge in [-0.2, -0.15) is 0 Å². The maximum atomic E-state index is 13.7. The fourth-order valence-corrected chi connectivity index (χ4v) is 4.19. The van der Waals surface area contributed by atoms with Crippen molar-refractivity contribution >= 4 is 28.5 Å². The molecule has 0 unspecified atom stereocenters. The van der Waals surface area contributed by atoms with Crippen molar-refractivity contribution in [2.75, 3.05) is 19.1 Å². The van der Waals surface area contributed by atoms with Gasteiger partial charge in [0.15, 0.2) is 28.8 Å². The minimum absolute atomic E-state index is 0.0133. The molecule has 4 aromatic rings. The number of Topliss-reactive ketones (excluding diaryl/α,β-unsaturated/α-hetero) is 1. The van der Waals surface area contributed by atoms with Gasteiger partial charge >= 0.3 is 0 Å². The summed E-state index contributed by atoms with van der Waals surface area (Å²) in [4.78, 5) is 28.1. The van der Waals surface area contributed by atoms with Crippen LogP contribution < -0.4 is 14.4 Å². The quantitative estimate of drug-likeness (QED) is 0.417. The number of carbonyl (C=O) groups is 2. The van der Waals surface area contributed by atoms with E-state index in [1.165, 1.54) is 19.1 Å². The Morgan fingerprint density at radius 1 is 1.09 bits per heavy atom. The second-order valence-corrected chi connectivity index (χ2v) is 7.70. The zero-order valence-electron chi connectivity index (χ0n) is 18.6. The largest absolute Gasteiger partial charge is 0.503 e. The average Bonchev–Trinajstić information content (AvgIpc) is 3.54. The smallest absolute Gasteiger partial charge is 0.295 e. The highest BCUT2D eigenvalue weighted by Gasteiger charge is 2.47. The first kappa shape index (κ1) is 21.3. The number of aliphatic hydroxyl groups excluding tert-OH is 1. The van der Waals surface area contributed by atoms with Gasteiger partial charge in [0.2, 0.25) is 5.78 Å². The van der Waals surface area contributed by atoms with Crippen LogP contribution in [0.25, 0.3) is 11.0 Å². The van der Waals surface area contributed by atoms with E-state index in [0.717, 1.165) is 5.39 Å². The van der Waals surface area contributed by atoms with Crippen LogP contribution in [-0.4, -0.2) is 36.2 Å². The Morgan fingerprint density at radius 3 is 2.56 bits per heavy atom. The molecule has 0 fully saturated rings. The molecule has 1 amide bonds. The second kappa shape index (κ2) is 8.11. The number of hydrogen-bond donors (Lipinski definition) is 1. The summed E-state index contributed by atoms with van der Waals surface area (Å²) in [5, 5.41) is 15.6. The van der Waals surface area contributed by atoms with Crippen LogP contribution in [0.15, 0.2) is 74.9 Å². The van der Waals surface area contributed by atoms with Gasteiger partial charge in [0.05, 0.1) is 19.8 Å². The number of furan rings is 1. The maximum absolute atomic E-state index is 13.7. The Labute approximate surface area is 193 Å². The van der Waals surface area contributed by atoms with Gasteiger partial charge < -0.3 is 23.5 Å². The number of aliphatic hydroxyl groups is 1. The number of hydrogen-bond acceptors (Lipinski definition) is 8. The number of ketones is 1. The minimum Gasteiger partial charge on any atom is -0.503 e. The number of ether oxygens (including phenoxy) is 2. The number of rotatable bonds is 6. The van der Waals surface area contributed by atoms with Crippen LogP contribution in [0.5, 0.6) is 11.5 Å². The number of aryl methyl sites for hydroxylation is 1. The Bertz CT molecular complexity index is 1430. The highest BCUT2D eigenvalue weighted by molar-refractivity contribution is 6.20. The van der Waals surface area contributed by atoms with Gasteiger partial charge in [0.1, 0.15) is 17.4 Å². The van der Waals surface area contributed by atoms with E-state index in [-0.39, 0.29) is 17.2 Å². The molecule has 34 heavy (non-hydrogen) atoms. The third-order valence-electron chi connectivity index (χ3n) is 5.69. The van der Waals surface area contributed by atoms with Crippen LogP contribution in [0.2, 0.25) is 0 Å². The predicted molar refractivity (Wildman–Crippen MR) is 121 cm³/mol. The number of methoxy groups -OCH3 is 2. The van der Waals surface area contributed by atoms with Crippen LogP contribution in [0.1, 0.15) is 27.9 Å². The second-order valence-electron chi connectivity index (χ2n) is 7.70. The number of carbonyl (C=O) groups excluding carboxylic acids is 2. The molecule has 2 aromatic carbocycles. The SMILES string of the molecule is COc1cccc([C@@H]2C(C(=O)c3cc4ccccc4o3)=C(O)C(=O)N2c2cc(C)on2)c1OC. The number of para-hydroxylation sites is 2. The van der Waals surface area contributed by atoms with Crippen molar-refractivity contribution < 1.29 is 33.1 Å². The number of amides is 1. The van der Waals surface area contributed by atoms with Crippen molar-refractivity contribution in [3.8, 4) is 11.5 Å². The van der Waals surface area contributed by atoms with E-state index in [0.29, 0.717) is 28.4 Å². The highest BCUT2D eigenvalue weighted by Crippen LogP contribution is 2.47. The summed E-state index contributed by atoms with van der Waals surface area (Å²) in [6.07, 6.45) is 0. The van der Waals surface area contributed by atoms with Crippen molar-refractivity contribution in [1.82, 2.24) is 5.16 Å². The summed E-state index contributed by atoms with van der Waals surface area (Å²) in [7, 11) is 2.93. The monoisotopic (exact) mass is 460 g/mol. The van der Waals surface area contributed by atoms with Gasteiger partial charge in [-0.05, 0) is 25.1 Å². The van der Waals surface area contributed by atoms with Crippen molar-refractivity contribution in [2.24, 2.45) is 0 Å². The molecular formula is C25H20N2O7. The lowest BCUT2D eigenvalue weighted by Crippen LogP contribution is -2.31. The van der Waals surface area contributed by atoms with E-state index in [9.17, 15) is 14.7 Å². The normalized spacial score (nSPS) is 15.9. The first-order valence-corrected chi connectivity index (χ1v) is 10.4. The number of aromatic nitrogens is 1. The van der Waals surface area contributed by atoms with E-state index in [1.807, 2.05) is 6.07 Å². The van der Waals surface area contributed by atoms with Crippen molar-refractivity contribution in [2.45, 2.75) is 13.0 Å². The maximum Gasteiger partial charge on any atom is 0.295 e. The summed E-state index contributed by atoms with van der Waals surface area (Å²) >= 11 is 0. The number of anilines is 1. The lowest BCUT2D eigenvalue weighted by atomic mass is 9.94. The van der Waals surface area contributed by atoms with Gasteiger partial charge in [0, 0.05) is 17.0 Å². The molecule has 1 aliphatic rings. The van der Waals surface area contributed by atoms with E-state index in [4.69, 9.17) is 18.4 Å². The molecule has 172 valence electrons. The fourth-order valence-electron chi connectivity index (χ4n) is 4.19. The lowest BCUT2D eigenvalue weighted by Gasteiger charge is -2.26. The van der Waals surface area contributed by atoms with Crippen molar-refractivity contribution in [3.63, 3.8) is 0 Å². The number of nitrogens with zero attached hydrogens (tertiary/aromatic N) is 2. The molecule has 0 aliphatic carbocycles. The van der Waals surface area contributed by atoms with E-state index in [2.05, 4.69) is 5.16 Å². The van der Waals surface area contributed by atoms with Gasteiger partial charge in [-0.15, -0.1) is 0 Å². The van der Waals surface area contributed by atoms with Crippen LogP contribution in [0.3, 0.4) is 0 Å². The third-order valence-corrected chi connectivity index (χ3v) is 5.69. The van der Waals surface area contributed by atoms with E-state index < -0.39 is 23.5 Å². The first-order chi connectivity index (χ1) is 16.4. The van der Waals surface area contributed by atoms with E-state index in [1.54, 1.807) is 55.5 Å². The van der Waals surface area contributed by atoms with Gasteiger partial charge in [-0.3, -0.25) is 14.5 Å². The van der Waals surface area contributed by atoms with Gasteiger partial charge in [-0.1, -0.05) is 35.5 Å². The average molecular weight is 460 g/mol. The standard InChI is InChI=1S/C25H20N2O7/c1-13-11-19(26-34-13)27-21(15-8-6-10-17(31-2)24(15)32-3)20(23(29)25(27)30)22(28)18-12-14-7-4-5-9-16(14)33-18/h4-12,21,29H,1-3H3/t21-/m1/s1. The molecule has 0 spiro atoms. The molecule has 9 nitrogen and oxygen atoms in total. The Kier molecular flexibility index (Phi) is 5.09. The van der Waals surface area contributed by atoms with Crippen LogP contribution >= 0.6 is 0 Å². The predicted octanol–water partition coefficient (Wildman–Crippen LogP) is 4.53. The molecule has 0 bridgehead atoms. The third kappa shape index (κ3) is 3.21. The van der Waals surface area contributed by atoms with Crippen LogP contribution in [0.4, 0.5) is 5.82 Å². The fraction of sp³-hybridized carbons (Fsp3) is 0.160. The molecule has 5 rings (SSSR count). The van der Waals surface area contributed by atoms with Crippen molar-refractivity contribution in [1.29, 1.82) is 0 Å². The molecule has 1 N–H and O–H groups in total. The minimum atomic E-state index is -1.08. The zero-order valence-corrected chi connectivity index (χ0v) is 18.6.